The van der Waals surface area contributed by atoms with Crippen molar-refractivity contribution in [3.63, 3.8) is 0 Å². The van der Waals surface area contributed by atoms with E-state index >= 15 is 0 Å². The van der Waals surface area contributed by atoms with Crippen molar-refractivity contribution < 1.29 is 4.42 Å². The van der Waals surface area contributed by atoms with Crippen molar-refractivity contribution in [2.45, 2.75) is 0 Å². The molecular weight excluding hydrogens is 524 g/mol. The molecule has 202 valence electrons. The second-order valence-electron chi connectivity index (χ2n) is 11.1. The number of benzene rings is 7. The van der Waals surface area contributed by atoms with Crippen LogP contribution in [0, 0.1) is 0 Å². The molecule has 7 aromatic carbocycles. The third-order valence-corrected chi connectivity index (χ3v) is 8.54. The van der Waals surface area contributed by atoms with Crippen LogP contribution in [0.5, 0.6) is 0 Å². The van der Waals surface area contributed by atoms with Crippen LogP contribution in [0.15, 0.2) is 156 Å². The van der Waals surface area contributed by atoms with Gasteiger partial charge in [-0.2, -0.15) is 0 Å². The van der Waals surface area contributed by atoms with E-state index in [9.17, 15) is 0 Å². The lowest BCUT2D eigenvalue weighted by molar-refractivity contribution is 0.669. The number of furan rings is 1. The van der Waals surface area contributed by atoms with Gasteiger partial charge in [-0.15, -0.1) is 0 Å². The maximum absolute atomic E-state index is 6.16. The molecule has 0 radical (unpaired) electrons. The van der Waals surface area contributed by atoms with Crippen molar-refractivity contribution in [1.82, 2.24) is 4.57 Å². The van der Waals surface area contributed by atoms with Gasteiger partial charge in [0.15, 0.2) is 0 Å². The molecule has 2 heterocycles. The van der Waals surface area contributed by atoms with Crippen molar-refractivity contribution >= 4 is 65.9 Å². The minimum absolute atomic E-state index is 0.900. The van der Waals surface area contributed by atoms with Gasteiger partial charge < -0.3 is 14.3 Å². The van der Waals surface area contributed by atoms with Crippen LogP contribution in [0.25, 0.3) is 71.3 Å². The Bertz CT molecular complexity index is 2480. The summed E-state index contributed by atoms with van der Waals surface area (Å²) < 4.78 is 8.55. The van der Waals surface area contributed by atoms with E-state index in [1.54, 1.807) is 0 Å². The molecule has 0 amide bonds. The summed E-state index contributed by atoms with van der Waals surface area (Å²) in [5, 5.41) is 10.9. The second kappa shape index (κ2) is 9.37. The molecule has 9 rings (SSSR count). The molecular formula is C40H26N2O. The summed E-state index contributed by atoms with van der Waals surface area (Å²) in [6.45, 7) is 0. The van der Waals surface area contributed by atoms with Crippen LogP contribution in [-0.2, 0) is 0 Å². The average Bonchev–Trinajstić information content (AvgIpc) is 3.59. The molecule has 9 aromatic rings. The number of hydrogen-bond acceptors (Lipinski definition) is 2. The highest BCUT2D eigenvalue weighted by Crippen LogP contribution is 2.42. The molecule has 0 aliphatic carbocycles. The number of anilines is 2. The Kier molecular flexibility index (Phi) is 5.20. The van der Waals surface area contributed by atoms with Crippen molar-refractivity contribution in [2.75, 3.05) is 5.32 Å². The van der Waals surface area contributed by atoms with E-state index in [1.807, 2.05) is 18.2 Å². The molecule has 43 heavy (non-hydrogen) atoms. The molecule has 2 aromatic heterocycles. The zero-order valence-electron chi connectivity index (χ0n) is 23.3. The Morgan fingerprint density at radius 1 is 0.465 bits per heavy atom. The Hall–Kier alpha value is -5.80. The van der Waals surface area contributed by atoms with E-state index in [-0.39, 0.29) is 0 Å². The quantitative estimate of drug-likeness (QED) is 0.236. The highest BCUT2D eigenvalue weighted by Gasteiger charge is 2.18. The predicted octanol–water partition coefficient (Wildman–Crippen LogP) is 11.2. The zero-order chi connectivity index (χ0) is 28.3. The largest absolute Gasteiger partial charge is 0.456 e. The standard InChI is InChI=1S/C40H26N2O/c1-2-12-29(13-3-1)41-36-25-38-34(24-33(36)28-19-21-40-35(23-28)32-15-7-9-17-39(32)43-40)31-14-6-8-16-37(31)42(38)30-20-18-26-10-4-5-11-27(26)22-30/h1-25,41H. The van der Waals surface area contributed by atoms with Crippen LogP contribution in [0.2, 0.25) is 0 Å². The van der Waals surface area contributed by atoms with Gasteiger partial charge in [0.2, 0.25) is 0 Å². The van der Waals surface area contributed by atoms with Crippen molar-refractivity contribution in [3.8, 4) is 16.8 Å². The lowest BCUT2D eigenvalue weighted by atomic mass is 9.98. The molecule has 0 saturated heterocycles. The van der Waals surface area contributed by atoms with Crippen LogP contribution >= 0.6 is 0 Å². The lowest BCUT2D eigenvalue weighted by Gasteiger charge is -2.15. The first-order valence-corrected chi connectivity index (χ1v) is 14.6. The summed E-state index contributed by atoms with van der Waals surface area (Å²) in [6, 6.07) is 53.8. The lowest BCUT2D eigenvalue weighted by Crippen LogP contribution is -1.97. The third kappa shape index (κ3) is 3.83. The SMILES string of the molecule is c1ccc(Nc2cc3c(cc2-c2ccc4oc5ccccc5c4c2)c2ccccc2n3-c2ccc3ccccc3c2)cc1. The van der Waals surface area contributed by atoms with Gasteiger partial charge in [-0.25, -0.2) is 0 Å². The van der Waals surface area contributed by atoms with E-state index in [0.717, 1.165) is 55.6 Å². The monoisotopic (exact) mass is 550 g/mol. The van der Waals surface area contributed by atoms with Crippen LogP contribution in [0.3, 0.4) is 0 Å². The summed E-state index contributed by atoms with van der Waals surface area (Å²) in [4.78, 5) is 0. The molecule has 0 spiro atoms. The third-order valence-electron chi connectivity index (χ3n) is 8.54. The molecule has 1 N–H and O–H groups in total. The molecule has 0 fully saturated rings. The van der Waals surface area contributed by atoms with Crippen LogP contribution < -0.4 is 5.32 Å². The number of hydrogen-bond donors (Lipinski definition) is 1. The fourth-order valence-corrected chi connectivity index (χ4v) is 6.52. The van der Waals surface area contributed by atoms with Gasteiger partial charge in [0.1, 0.15) is 11.2 Å². The van der Waals surface area contributed by atoms with Gasteiger partial charge in [-0.3, -0.25) is 0 Å². The number of rotatable bonds is 4. The minimum atomic E-state index is 0.900. The second-order valence-corrected chi connectivity index (χ2v) is 11.1. The van der Waals surface area contributed by atoms with E-state index in [0.29, 0.717) is 0 Å². The fraction of sp³-hybridized carbons (Fsp3) is 0. The van der Waals surface area contributed by atoms with E-state index in [4.69, 9.17) is 4.42 Å². The molecule has 0 saturated carbocycles. The van der Waals surface area contributed by atoms with Crippen LogP contribution in [0.4, 0.5) is 11.4 Å². The highest BCUT2D eigenvalue weighted by molar-refractivity contribution is 6.13. The Morgan fingerprint density at radius 2 is 1.21 bits per heavy atom. The van der Waals surface area contributed by atoms with Crippen LogP contribution in [0.1, 0.15) is 0 Å². The Balaban J connectivity index is 1.34. The van der Waals surface area contributed by atoms with Gasteiger partial charge in [0.05, 0.1) is 11.0 Å². The van der Waals surface area contributed by atoms with Crippen molar-refractivity contribution in [3.05, 3.63) is 152 Å². The number of fused-ring (bicyclic) bond motifs is 7. The number of para-hydroxylation sites is 3. The molecule has 0 aliphatic rings. The average molecular weight is 551 g/mol. The Labute approximate surface area is 248 Å². The number of nitrogens with zero attached hydrogens (tertiary/aromatic N) is 1. The van der Waals surface area contributed by atoms with E-state index in [2.05, 4.69) is 143 Å². The van der Waals surface area contributed by atoms with Gasteiger partial charge in [0.25, 0.3) is 0 Å². The first-order chi connectivity index (χ1) is 21.3. The van der Waals surface area contributed by atoms with Crippen LogP contribution in [-0.4, -0.2) is 4.57 Å². The van der Waals surface area contributed by atoms with Crippen molar-refractivity contribution in [1.29, 1.82) is 0 Å². The maximum atomic E-state index is 6.16. The summed E-state index contributed by atoms with van der Waals surface area (Å²) >= 11 is 0. The zero-order valence-corrected chi connectivity index (χ0v) is 23.3. The fourth-order valence-electron chi connectivity index (χ4n) is 6.52. The molecule has 3 heteroatoms. The summed E-state index contributed by atoms with van der Waals surface area (Å²) in [7, 11) is 0. The van der Waals surface area contributed by atoms with E-state index < -0.39 is 0 Å². The van der Waals surface area contributed by atoms with Gasteiger partial charge in [-0.1, -0.05) is 91.0 Å². The first-order valence-electron chi connectivity index (χ1n) is 14.6. The maximum Gasteiger partial charge on any atom is 0.135 e. The molecule has 0 atom stereocenters. The number of nitrogens with one attached hydrogen (secondary N) is 1. The van der Waals surface area contributed by atoms with Gasteiger partial charge >= 0.3 is 0 Å². The number of aromatic nitrogens is 1. The predicted molar refractivity (Wildman–Crippen MR) is 181 cm³/mol. The highest BCUT2D eigenvalue weighted by atomic mass is 16.3. The van der Waals surface area contributed by atoms with Gasteiger partial charge in [0, 0.05) is 44.2 Å². The Morgan fingerprint density at radius 3 is 2.12 bits per heavy atom. The van der Waals surface area contributed by atoms with E-state index in [1.165, 1.54) is 27.1 Å². The summed E-state index contributed by atoms with van der Waals surface area (Å²) in [5.74, 6) is 0. The molecule has 0 aliphatic heterocycles. The topological polar surface area (TPSA) is 30.1 Å². The van der Waals surface area contributed by atoms with Crippen molar-refractivity contribution in [2.24, 2.45) is 0 Å². The molecule has 3 nitrogen and oxygen atoms in total. The van der Waals surface area contributed by atoms with Gasteiger partial charge in [-0.05, 0) is 77.0 Å². The minimum Gasteiger partial charge on any atom is -0.456 e. The first kappa shape index (κ1) is 23.9. The normalized spacial score (nSPS) is 11.7. The summed E-state index contributed by atoms with van der Waals surface area (Å²) in [6.07, 6.45) is 0. The summed E-state index contributed by atoms with van der Waals surface area (Å²) in [5.41, 5.74) is 9.69. The molecule has 0 unspecified atom stereocenters. The smallest absolute Gasteiger partial charge is 0.135 e. The molecule has 0 bridgehead atoms.